The summed E-state index contributed by atoms with van der Waals surface area (Å²) in [7, 11) is 1.54. The maximum Gasteiger partial charge on any atom is 0.453 e. The Kier molecular flexibility index (Phi) is 5.92. The average Bonchev–Trinajstić information content (AvgIpc) is 3.25. The molecule has 31 heavy (non-hydrogen) atoms. The van der Waals surface area contributed by atoms with Crippen molar-refractivity contribution in [1.29, 1.82) is 0 Å². The number of hydrogen-bond acceptors (Lipinski definition) is 6. The van der Waals surface area contributed by atoms with E-state index in [1.54, 1.807) is 12.1 Å². The van der Waals surface area contributed by atoms with E-state index in [0.717, 1.165) is 30.5 Å². The summed E-state index contributed by atoms with van der Waals surface area (Å²) >= 11 is 0. The molecule has 2 aromatic carbocycles. The molecule has 0 bridgehead atoms. The Bertz CT molecular complexity index is 1020. The first kappa shape index (κ1) is 21.3. The lowest BCUT2D eigenvalue weighted by atomic mass is 9.90. The van der Waals surface area contributed by atoms with Crippen molar-refractivity contribution in [1.82, 2.24) is 25.1 Å². The van der Waals surface area contributed by atoms with Crippen LogP contribution in [0.25, 0.3) is 5.69 Å². The highest BCUT2D eigenvalue weighted by atomic mass is 19.4. The van der Waals surface area contributed by atoms with Gasteiger partial charge in [0.2, 0.25) is 0 Å². The Balaban J connectivity index is 1.69. The number of aromatic nitrogens is 4. The molecular formula is C21H23F3N6O. The molecule has 2 N–H and O–H groups in total. The molecule has 1 aliphatic rings. The first-order valence-electron chi connectivity index (χ1n) is 9.96. The van der Waals surface area contributed by atoms with E-state index >= 15 is 0 Å². The minimum absolute atomic E-state index is 0.00193. The molecule has 4 rings (SSSR count). The van der Waals surface area contributed by atoms with Crippen LogP contribution in [-0.2, 0) is 12.7 Å². The van der Waals surface area contributed by atoms with Crippen molar-refractivity contribution in [2.75, 3.05) is 13.7 Å². The van der Waals surface area contributed by atoms with Gasteiger partial charge in [0.05, 0.1) is 18.8 Å². The van der Waals surface area contributed by atoms with Crippen LogP contribution in [0.3, 0.4) is 0 Å². The van der Waals surface area contributed by atoms with Crippen LogP contribution in [0.2, 0.25) is 0 Å². The summed E-state index contributed by atoms with van der Waals surface area (Å²) < 4.78 is 46.0. The van der Waals surface area contributed by atoms with Gasteiger partial charge in [0.1, 0.15) is 5.75 Å². The number of benzene rings is 2. The van der Waals surface area contributed by atoms with E-state index in [9.17, 15) is 13.2 Å². The molecule has 1 aliphatic heterocycles. The molecule has 2 heterocycles. The molecule has 7 nitrogen and oxygen atoms in total. The van der Waals surface area contributed by atoms with Crippen LogP contribution in [0.15, 0.2) is 48.5 Å². The monoisotopic (exact) mass is 432 g/mol. The van der Waals surface area contributed by atoms with Gasteiger partial charge >= 0.3 is 6.18 Å². The Labute approximate surface area is 177 Å². The Hall–Kier alpha value is -2.98. The molecule has 1 unspecified atom stereocenters. The van der Waals surface area contributed by atoms with Crippen molar-refractivity contribution < 1.29 is 17.9 Å². The van der Waals surface area contributed by atoms with E-state index in [2.05, 4.69) is 20.4 Å². The Morgan fingerprint density at radius 3 is 2.65 bits per heavy atom. The topological polar surface area (TPSA) is 82.1 Å². The van der Waals surface area contributed by atoms with E-state index in [0.29, 0.717) is 17.0 Å². The maximum atomic E-state index is 13.3. The van der Waals surface area contributed by atoms with E-state index in [1.165, 1.54) is 13.2 Å². The molecule has 3 aromatic rings. The van der Waals surface area contributed by atoms with Crippen molar-refractivity contribution >= 4 is 0 Å². The molecular weight excluding hydrogens is 409 g/mol. The van der Waals surface area contributed by atoms with Crippen molar-refractivity contribution in [2.45, 2.75) is 37.6 Å². The number of hydrogen-bond donors (Lipinski definition) is 1. The van der Waals surface area contributed by atoms with Gasteiger partial charge in [0.15, 0.2) is 0 Å². The first-order chi connectivity index (χ1) is 14.9. The predicted molar refractivity (Wildman–Crippen MR) is 108 cm³/mol. The SMILES string of the molecule is COc1ccc(-n2nnnc2C(F)(F)F)cc1CN1CCC[C@H](N)C1c1ccccc1. The van der Waals surface area contributed by atoms with Crippen molar-refractivity contribution in [3.63, 3.8) is 0 Å². The van der Waals surface area contributed by atoms with Crippen LogP contribution < -0.4 is 10.5 Å². The maximum absolute atomic E-state index is 13.3. The molecule has 164 valence electrons. The fourth-order valence-electron chi connectivity index (χ4n) is 4.16. The van der Waals surface area contributed by atoms with Gasteiger partial charge in [-0.3, -0.25) is 4.90 Å². The smallest absolute Gasteiger partial charge is 0.453 e. The van der Waals surface area contributed by atoms with E-state index in [-0.39, 0.29) is 17.8 Å². The number of ether oxygens (including phenoxy) is 1. The number of nitrogens with zero attached hydrogens (tertiary/aromatic N) is 5. The summed E-state index contributed by atoms with van der Waals surface area (Å²) in [6.07, 6.45) is -2.81. The van der Waals surface area contributed by atoms with Crippen LogP contribution in [0.1, 0.15) is 35.8 Å². The minimum atomic E-state index is -4.67. The number of methoxy groups -OCH3 is 1. The molecule has 1 fully saturated rings. The van der Waals surface area contributed by atoms with Gasteiger partial charge in [-0.25, -0.2) is 0 Å². The third-order valence-electron chi connectivity index (χ3n) is 5.53. The Morgan fingerprint density at radius 2 is 1.94 bits per heavy atom. The molecule has 0 radical (unpaired) electrons. The molecule has 10 heteroatoms. The normalized spacial score (nSPS) is 20.0. The number of halogens is 3. The highest BCUT2D eigenvalue weighted by molar-refractivity contribution is 5.44. The number of tetrazole rings is 1. The lowest BCUT2D eigenvalue weighted by Gasteiger charge is -2.40. The molecule has 0 saturated carbocycles. The second kappa shape index (κ2) is 8.64. The predicted octanol–water partition coefficient (Wildman–Crippen LogP) is 3.35. The van der Waals surface area contributed by atoms with E-state index in [4.69, 9.17) is 10.5 Å². The van der Waals surface area contributed by atoms with Crippen LogP contribution in [0, 0.1) is 0 Å². The zero-order valence-corrected chi connectivity index (χ0v) is 17.0. The fourth-order valence-corrected chi connectivity index (χ4v) is 4.16. The highest BCUT2D eigenvalue weighted by Crippen LogP contribution is 2.34. The zero-order chi connectivity index (χ0) is 22.0. The number of likely N-dealkylation sites (tertiary alicyclic amines) is 1. The minimum Gasteiger partial charge on any atom is -0.496 e. The molecule has 1 aromatic heterocycles. The van der Waals surface area contributed by atoms with Gasteiger partial charge in [-0.05, 0) is 53.6 Å². The standard InChI is InChI=1S/C21H23F3N6O/c1-31-18-10-9-16(30-20(21(22,23)24)26-27-28-30)12-15(18)13-29-11-5-8-17(25)19(29)14-6-3-2-4-7-14/h2-4,6-7,9-10,12,17,19H,5,8,11,13,25H2,1H3/t17-,19?/m0/s1. The quantitative estimate of drug-likeness (QED) is 0.666. The van der Waals surface area contributed by atoms with Gasteiger partial charge in [-0.15, -0.1) is 5.10 Å². The van der Waals surface area contributed by atoms with Crippen molar-refractivity contribution in [2.24, 2.45) is 5.73 Å². The summed E-state index contributed by atoms with van der Waals surface area (Å²) in [4.78, 5) is 2.25. The summed E-state index contributed by atoms with van der Waals surface area (Å²) in [5.74, 6) is -0.595. The Morgan fingerprint density at radius 1 is 1.16 bits per heavy atom. The van der Waals surface area contributed by atoms with E-state index < -0.39 is 12.0 Å². The van der Waals surface area contributed by atoms with Crippen molar-refractivity contribution in [3.8, 4) is 11.4 Å². The molecule has 2 atom stereocenters. The number of nitrogens with two attached hydrogens (primary N) is 1. The summed E-state index contributed by atoms with van der Waals surface area (Å²) in [5, 5.41) is 9.86. The second-order valence-corrected chi connectivity index (χ2v) is 7.54. The largest absolute Gasteiger partial charge is 0.496 e. The lowest BCUT2D eigenvalue weighted by Crippen LogP contribution is -2.45. The van der Waals surface area contributed by atoms with Crippen LogP contribution in [0.5, 0.6) is 5.75 Å². The van der Waals surface area contributed by atoms with Gasteiger partial charge in [-0.2, -0.15) is 17.9 Å². The summed E-state index contributed by atoms with van der Waals surface area (Å²) in [5.41, 5.74) is 8.54. The molecule has 1 saturated heterocycles. The van der Waals surface area contributed by atoms with Gasteiger partial charge in [-0.1, -0.05) is 30.3 Å². The molecule has 0 aliphatic carbocycles. The lowest BCUT2D eigenvalue weighted by molar-refractivity contribution is -0.146. The fraction of sp³-hybridized carbons (Fsp3) is 0.381. The number of rotatable bonds is 5. The molecule has 0 spiro atoms. The number of alkyl halides is 3. The van der Waals surface area contributed by atoms with Crippen LogP contribution in [-0.4, -0.2) is 44.8 Å². The zero-order valence-electron chi connectivity index (χ0n) is 17.0. The highest BCUT2D eigenvalue weighted by Gasteiger charge is 2.38. The molecule has 0 amide bonds. The average molecular weight is 432 g/mol. The summed E-state index contributed by atoms with van der Waals surface area (Å²) in [6, 6.07) is 14.7. The third-order valence-corrected chi connectivity index (χ3v) is 5.53. The van der Waals surface area contributed by atoms with Gasteiger partial charge in [0, 0.05) is 18.2 Å². The van der Waals surface area contributed by atoms with Crippen LogP contribution in [0.4, 0.5) is 13.2 Å². The number of piperidine rings is 1. The first-order valence-corrected chi connectivity index (χ1v) is 9.96. The van der Waals surface area contributed by atoms with Gasteiger partial charge in [0.25, 0.3) is 5.82 Å². The van der Waals surface area contributed by atoms with Crippen molar-refractivity contribution in [3.05, 3.63) is 65.5 Å². The third kappa shape index (κ3) is 4.40. The second-order valence-electron chi connectivity index (χ2n) is 7.54. The summed E-state index contributed by atoms with van der Waals surface area (Å²) in [6.45, 7) is 1.28. The van der Waals surface area contributed by atoms with Gasteiger partial charge < -0.3 is 10.5 Å². The van der Waals surface area contributed by atoms with E-state index in [1.807, 2.05) is 30.3 Å². The van der Waals surface area contributed by atoms with Crippen LogP contribution >= 0.6 is 0 Å².